The molecule has 2 aromatic heterocycles. The van der Waals surface area contributed by atoms with E-state index in [1.807, 2.05) is 30.5 Å². The van der Waals surface area contributed by atoms with Crippen molar-refractivity contribution in [3.8, 4) is 33.6 Å². The minimum Gasteiger partial charge on any atom is -0.304 e. The molecule has 0 bridgehead atoms. The molecular formula is C51H60IrN2-2. The van der Waals surface area contributed by atoms with Gasteiger partial charge in [-0.1, -0.05) is 126 Å². The number of fused-ring (bicyclic) bond motifs is 5. The molecule has 5 aromatic rings. The fraction of sp³-hybridized carbons (Fsp3) is 0.451. The fourth-order valence-corrected chi connectivity index (χ4v) is 9.20. The van der Waals surface area contributed by atoms with E-state index >= 15 is 0 Å². The summed E-state index contributed by atoms with van der Waals surface area (Å²) in [5.74, 6) is 0. The third-order valence-corrected chi connectivity index (χ3v) is 13.2. The van der Waals surface area contributed by atoms with Crippen molar-refractivity contribution >= 4 is 0 Å². The van der Waals surface area contributed by atoms with Crippen molar-refractivity contribution in [2.45, 2.75) is 148 Å². The second-order valence-corrected chi connectivity index (χ2v) is 20.3. The van der Waals surface area contributed by atoms with E-state index in [1.54, 1.807) is 5.56 Å². The molecule has 8 rings (SSSR count). The third kappa shape index (κ3) is 6.98. The van der Waals surface area contributed by atoms with Crippen LogP contribution in [0, 0.1) is 12.1 Å². The summed E-state index contributed by atoms with van der Waals surface area (Å²) in [4.78, 5) is 9.61. The number of benzene rings is 3. The molecule has 0 atom stereocenters. The van der Waals surface area contributed by atoms with Crippen LogP contribution in [0.15, 0.2) is 79.1 Å². The summed E-state index contributed by atoms with van der Waals surface area (Å²) < 4.78 is 0. The molecule has 2 nitrogen and oxygen atoms in total. The van der Waals surface area contributed by atoms with E-state index < -0.39 is 0 Å². The van der Waals surface area contributed by atoms with Gasteiger partial charge >= 0.3 is 0 Å². The number of pyridine rings is 2. The van der Waals surface area contributed by atoms with Crippen LogP contribution in [-0.2, 0) is 52.6 Å². The number of nitrogens with zero attached hydrogens (tertiary/aromatic N) is 2. The maximum Gasteiger partial charge on any atom is 0.0201 e. The number of hydrogen-bond donors (Lipinski definition) is 0. The van der Waals surface area contributed by atoms with Crippen LogP contribution >= 0.6 is 0 Å². The predicted molar refractivity (Wildman–Crippen MR) is 224 cm³/mol. The quantitative estimate of drug-likeness (QED) is 0.165. The summed E-state index contributed by atoms with van der Waals surface area (Å²) in [6.45, 7) is 30.7. The van der Waals surface area contributed by atoms with Crippen LogP contribution in [0.4, 0.5) is 0 Å². The average molecular weight is 893 g/mol. The van der Waals surface area contributed by atoms with Gasteiger partial charge in [-0.2, -0.15) is 0 Å². The minimum atomic E-state index is -0.100. The van der Waals surface area contributed by atoms with E-state index in [0.29, 0.717) is 0 Å². The Kier molecular flexibility index (Phi) is 10.2. The van der Waals surface area contributed by atoms with E-state index in [9.17, 15) is 0 Å². The summed E-state index contributed by atoms with van der Waals surface area (Å²) in [6.07, 6.45) is 9.03. The zero-order chi connectivity index (χ0) is 38.4. The number of hydrogen-bond acceptors (Lipinski definition) is 2. The van der Waals surface area contributed by atoms with E-state index in [2.05, 4.69) is 156 Å². The van der Waals surface area contributed by atoms with Crippen molar-refractivity contribution < 1.29 is 20.1 Å². The van der Waals surface area contributed by atoms with Gasteiger partial charge < -0.3 is 9.97 Å². The summed E-state index contributed by atoms with van der Waals surface area (Å²) in [5.41, 5.74) is 17.9. The molecule has 3 aromatic carbocycles. The molecule has 0 spiro atoms. The van der Waals surface area contributed by atoms with E-state index in [0.717, 1.165) is 17.0 Å². The van der Waals surface area contributed by atoms with Gasteiger partial charge in [0.25, 0.3) is 0 Å². The molecule has 0 amide bonds. The largest absolute Gasteiger partial charge is 0.304 e. The van der Waals surface area contributed by atoms with Crippen LogP contribution < -0.4 is 0 Å². The molecule has 0 saturated carbocycles. The van der Waals surface area contributed by atoms with Crippen LogP contribution in [0.2, 0.25) is 0 Å². The van der Waals surface area contributed by atoms with Gasteiger partial charge in [-0.15, -0.1) is 65.2 Å². The molecule has 285 valence electrons. The van der Waals surface area contributed by atoms with Crippen LogP contribution in [0.3, 0.4) is 0 Å². The zero-order valence-electron chi connectivity index (χ0n) is 35.1. The zero-order valence-corrected chi connectivity index (χ0v) is 37.5. The summed E-state index contributed by atoms with van der Waals surface area (Å²) >= 11 is 0. The molecule has 0 saturated heterocycles. The molecule has 3 aliphatic rings. The summed E-state index contributed by atoms with van der Waals surface area (Å²) in [5, 5.41) is 0. The minimum absolute atomic E-state index is 0. The molecule has 3 heteroatoms. The van der Waals surface area contributed by atoms with E-state index in [4.69, 9.17) is 4.98 Å². The molecule has 0 fully saturated rings. The molecule has 3 aliphatic carbocycles. The maximum atomic E-state index is 5.12. The van der Waals surface area contributed by atoms with Crippen molar-refractivity contribution in [1.82, 2.24) is 9.97 Å². The summed E-state index contributed by atoms with van der Waals surface area (Å²) in [6, 6.07) is 30.9. The van der Waals surface area contributed by atoms with Crippen molar-refractivity contribution in [1.29, 1.82) is 0 Å². The van der Waals surface area contributed by atoms with Crippen LogP contribution in [0.1, 0.15) is 155 Å². The third-order valence-electron chi connectivity index (χ3n) is 13.2. The normalized spacial score (nSPS) is 19.1. The Balaban J connectivity index is 0.000000246. The Labute approximate surface area is 340 Å². The van der Waals surface area contributed by atoms with Crippen molar-refractivity contribution in [2.24, 2.45) is 0 Å². The van der Waals surface area contributed by atoms with Crippen LogP contribution in [0.5, 0.6) is 0 Å². The van der Waals surface area contributed by atoms with Gasteiger partial charge in [0.1, 0.15) is 0 Å². The van der Waals surface area contributed by atoms with Crippen molar-refractivity contribution in [3.63, 3.8) is 0 Å². The van der Waals surface area contributed by atoms with Gasteiger partial charge in [-0.3, -0.25) is 0 Å². The SMILES string of the molecule is CC(C)(C)c1ccc(-c2[c-]cccc2)nc1.CC1(C)CCC(C)(C)c2cc(-c3[c-]ccc4c3C(C)(C)c3cc5c(cc3-4)C(C)(C)CCC5(C)C)ncc21.[Ir]. The van der Waals surface area contributed by atoms with Gasteiger partial charge in [0.2, 0.25) is 0 Å². The molecule has 0 N–H and O–H groups in total. The Morgan fingerprint density at radius 2 is 1.11 bits per heavy atom. The second-order valence-electron chi connectivity index (χ2n) is 20.3. The average Bonchev–Trinajstić information content (AvgIpc) is 3.34. The molecule has 0 unspecified atom stereocenters. The fourth-order valence-electron chi connectivity index (χ4n) is 9.20. The predicted octanol–water partition coefficient (Wildman–Crippen LogP) is 13.4. The first-order valence-electron chi connectivity index (χ1n) is 19.8. The Hall–Kier alpha value is -3.39. The smallest absolute Gasteiger partial charge is 0.0201 e. The summed E-state index contributed by atoms with van der Waals surface area (Å²) in [7, 11) is 0. The van der Waals surface area contributed by atoms with Crippen LogP contribution in [-0.4, -0.2) is 9.97 Å². The molecule has 2 heterocycles. The van der Waals surface area contributed by atoms with Gasteiger partial charge in [0.05, 0.1) is 0 Å². The Morgan fingerprint density at radius 3 is 1.67 bits per heavy atom. The van der Waals surface area contributed by atoms with E-state index in [-0.39, 0.29) is 52.6 Å². The molecule has 54 heavy (non-hydrogen) atoms. The topological polar surface area (TPSA) is 25.8 Å². The second kappa shape index (κ2) is 13.7. The Bertz CT molecular complexity index is 2180. The molecule has 0 aliphatic heterocycles. The number of aromatic nitrogens is 2. The van der Waals surface area contributed by atoms with Gasteiger partial charge in [-0.25, -0.2) is 0 Å². The van der Waals surface area contributed by atoms with Crippen molar-refractivity contribution in [2.75, 3.05) is 0 Å². The van der Waals surface area contributed by atoms with Gasteiger partial charge in [0.15, 0.2) is 0 Å². The van der Waals surface area contributed by atoms with Crippen LogP contribution in [0.25, 0.3) is 33.6 Å². The number of rotatable bonds is 2. The monoisotopic (exact) mass is 893 g/mol. The maximum absolute atomic E-state index is 5.12. The first-order valence-corrected chi connectivity index (χ1v) is 19.8. The van der Waals surface area contributed by atoms with E-state index in [1.165, 1.54) is 75.8 Å². The van der Waals surface area contributed by atoms with Gasteiger partial charge in [-0.05, 0) is 109 Å². The van der Waals surface area contributed by atoms with Gasteiger partial charge in [0, 0.05) is 32.5 Å². The first kappa shape index (κ1) is 40.3. The standard InChI is InChI=1S/C36H44N.C15H16N.Ir/c1-32(2)14-15-33(3,4)27-19-25-24(18-26(27)32)22-12-11-13-23(31(22)36(25,9)10)30-20-28-29(21-37-30)35(7,8)17-16-34(28,5)6;1-15(2,3)13-9-10-14(16-11-13)12-7-5-4-6-8-12;/h11-12,18-21H,14-17H2,1-10H3;4-7,9-11H,1-3H3;/q2*-1;. The molecule has 1 radical (unpaired) electrons. The molecular weight excluding hydrogens is 833 g/mol. The van der Waals surface area contributed by atoms with Crippen molar-refractivity contribution in [3.05, 3.63) is 130 Å². The first-order chi connectivity index (χ1) is 24.6. The Morgan fingerprint density at radius 1 is 0.537 bits per heavy atom.